The highest BCUT2D eigenvalue weighted by Crippen LogP contribution is 2.47. The number of nitrogens with one attached hydrogen (secondary N) is 2. The number of hydrogen-bond acceptors (Lipinski definition) is 6. The van der Waals surface area contributed by atoms with Crippen molar-refractivity contribution in [1.82, 2.24) is 14.5 Å². The Morgan fingerprint density at radius 3 is 2.38 bits per heavy atom. The van der Waals surface area contributed by atoms with Gasteiger partial charge in [-0.2, -0.15) is 4.31 Å². The van der Waals surface area contributed by atoms with Gasteiger partial charge in [0.1, 0.15) is 5.76 Å². The lowest BCUT2D eigenvalue weighted by Gasteiger charge is -2.20. The first kappa shape index (κ1) is 22.8. The van der Waals surface area contributed by atoms with Gasteiger partial charge in [0.2, 0.25) is 15.9 Å². The van der Waals surface area contributed by atoms with Gasteiger partial charge < -0.3 is 15.1 Å². The Hall–Kier alpha value is -2.95. The maximum Gasteiger partial charge on any atom is 0.291 e. The molecule has 2 unspecified atom stereocenters. The smallest absolute Gasteiger partial charge is 0.291 e. The van der Waals surface area contributed by atoms with Crippen LogP contribution in [0.3, 0.4) is 0 Å². The number of benzene rings is 1. The van der Waals surface area contributed by atoms with Crippen LogP contribution in [0.2, 0.25) is 0 Å². The first-order chi connectivity index (χ1) is 16.3. The molecule has 9 nitrogen and oxygen atoms in total. The molecule has 2 aromatic rings. The number of hydrogen-bond donors (Lipinski definition) is 2. The van der Waals surface area contributed by atoms with Crippen molar-refractivity contribution < 1.29 is 22.4 Å². The maximum absolute atomic E-state index is 13.0. The van der Waals surface area contributed by atoms with Crippen LogP contribution in [0.25, 0.3) is 0 Å². The molecule has 180 valence electrons. The van der Waals surface area contributed by atoms with Gasteiger partial charge in [0.15, 0.2) is 5.76 Å². The van der Waals surface area contributed by atoms with Crippen molar-refractivity contribution >= 4 is 27.5 Å². The highest BCUT2D eigenvalue weighted by Gasteiger charge is 2.58. The Balaban J connectivity index is 1.16. The molecule has 1 aliphatic carbocycles. The number of carbonyl (C=O) groups is 2. The normalized spacial score (nSPS) is 24.5. The topological polar surface area (TPSA) is 112 Å². The predicted molar refractivity (Wildman–Crippen MR) is 125 cm³/mol. The third-order valence-corrected chi connectivity index (χ3v) is 8.71. The summed E-state index contributed by atoms with van der Waals surface area (Å²) in [6, 6.07) is 9.62. The van der Waals surface area contributed by atoms with E-state index in [9.17, 15) is 18.0 Å². The van der Waals surface area contributed by atoms with Crippen molar-refractivity contribution in [2.24, 2.45) is 11.8 Å². The number of furan rings is 1. The largest absolute Gasteiger partial charge is 0.455 e. The summed E-state index contributed by atoms with van der Waals surface area (Å²) in [5.41, 5.74) is 0.484. The standard InChI is InChI=1S/C24H28N4O5S/c1-2-22(29)26-23-19-14-28(15-20(19)23)34(31,32)18-8-5-16(6-9-18)25-24(30)21-10-7-17(33-21)13-27-11-3-4-12-27/h2,5-10,19-20,23H,1,3-4,11-15H2,(H,25,30)(H,26,29). The SMILES string of the molecule is C=CC(=O)NC1C2CN(S(=O)(=O)c3ccc(NC(=O)c4ccc(CN5CCCC5)o4)cc3)CC21. The van der Waals surface area contributed by atoms with E-state index in [1.807, 2.05) is 6.07 Å². The summed E-state index contributed by atoms with van der Waals surface area (Å²) >= 11 is 0. The van der Waals surface area contributed by atoms with E-state index in [4.69, 9.17) is 4.42 Å². The van der Waals surface area contributed by atoms with E-state index in [0.29, 0.717) is 25.3 Å². The quantitative estimate of drug-likeness (QED) is 0.555. The van der Waals surface area contributed by atoms with Gasteiger partial charge in [-0.3, -0.25) is 14.5 Å². The highest BCUT2D eigenvalue weighted by atomic mass is 32.2. The van der Waals surface area contributed by atoms with E-state index in [1.165, 1.54) is 35.4 Å². The van der Waals surface area contributed by atoms with Crippen LogP contribution >= 0.6 is 0 Å². The summed E-state index contributed by atoms with van der Waals surface area (Å²) in [5.74, 6) is 0.643. The van der Waals surface area contributed by atoms with Crippen molar-refractivity contribution in [2.45, 2.75) is 30.3 Å². The highest BCUT2D eigenvalue weighted by molar-refractivity contribution is 7.89. The second-order valence-corrected chi connectivity index (χ2v) is 11.1. The Morgan fingerprint density at radius 1 is 1.06 bits per heavy atom. The van der Waals surface area contributed by atoms with Gasteiger partial charge in [-0.15, -0.1) is 0 Å². The van der Waals surface area contributed by atoms with Crippen LogP contribution in [0.5, 0.6) is 0 Å². The van der Waals surface area contributed by atoms with E-state index in [-0.39, 0.29) is 40.3 Å². The van der Waals surface area contributed by atoms with Gasteiger partial charge in [0.25, 0.3) is 5.91 Å². The molecule has 1 aromatic carbocycles. The van der Waals surface area contributed by atoms with Gasteiger partial charge in [0.05, 0.1) is 11.4 Å². The number of sulfonamides is 1. The fraction of sp³-hybridized carbons (Fsp3) is 0.417. The van der Waals surface area contributed by atoms with E-state index in [1.54, 1.807) is 18.2 Å². The van der Waals surface area contributed by atoms with Gasteiger partial charge in [-0.25, -0.2) is 8.42 Å². The second-order valence-electron chi connectivity index (χ2n) is 9.12. The molecule has 2 amide bonds. The van der Waals surface area contributed by atoms with Gasteiger partial charge in [-0.05, 0) is 80.2 Å². The van der Waals surface area contributed by atoms with E-state index in [0.717, 1.165) is 18.8 Å². The second kappa shape index (κ2) is 9.01. The lowest BCUT2D eigenvalue weighted by Crippen LogP contribution is -2.36. The molecule has 3 aliphatic rings. The van der Waals surface area contributed by atoms with Crippen LogP contribution in [0.1, 0.15) is 29.2 Å². The molecule has 2 N–H and O–H groups in total. The van der Waals surface area contributed by atoms with Crippen molar-refractivity contribution in [3.05, 3.63) is 60.6 Å². The molecule has 2 atom stereocenters. The fourth-order valence-electron chi connectivity index (χ4n) is 4.92. The zero-order chi connectivity index (χ0) is 23.9. The number of fused-ring (bicyclic) bond motifs is 1. The summed E-state index contributed by atoms with van der Waals surface area (Å²) in [6.07, 6.45) is 3.60. The lowest BCUT2D eigenvalue weighted by atomic mass is 10.3. The van der Waals surface area contributed by atoms with Crippen molar-refractivity contribution in [2.75, 3.05) is 31.5 Å². The minimum atomic E-state index is -3.64. The Labute approximate surface area is 198 Å². The lowest BCUT2D eigenvalue weighted by molar-refractivity contribution is -0.116. The van der Waals surface area contributed by atoms with Gasteiger partial charge >= 0.3 is 0 Å². The number of nitrogens with zero attached hydrogens (tertiary/aromatic N) is 2. The minimum absolute atomic E-state index is 0.0204. The molecule has 1 aromatic heterocycles. The summed E-state index contributed by atoms with van der Waals surface area (Å²) in [4.78, 5) is 26.5. The fourth-order valence-corrected chi connectivity index (χ4v) is 6.43. The molecule has 3 fully saturated rings. The zero-order valence-electron chi connectivity index (χ0n) is 18.8. The third kappa shape index (κ3) is 4.53. The van der Waals surface area contributed by atoms with E-state index >= 15 is 0 Å². The number of rotatable bonds is 8. The molecule has 0 radical (unpaired) electrons. The number of amides is 2. The molecular formula is C24H28N4O5S. The van der Waals surface area contributed by atoms with Crippen LogP contribution in [-0.4, -0.2) is 61.7 Å². The maximum atomic E-state index is 13.0. The van der Waals surface area contributed by atoms with Crippen LogP contribution in [0.15, 0.2) is 58.4 Å². The van der Waals surface area contributed by atoms with Crippen LogP contribution in [-0.2, 0) is 21.4 Å². The molecule has 3 heterocycles. The molecule has 5 rings (SSSR count). The average molecular weight is 485 g/mol. The van der Waals surface area contributed by atoms with E-state index < -0.39 is 10.0 Å². The first-order valence-electron chi connectivity index (χ1n) is 11.5. The molecule has 0 spiro atoms. The van der Waals surface area contributed by atoms with Gasteiger partial charge in [0, 0.05) is 24.8 Å². The Morgan fingerprint density at radius 2 is 1.74 bits per heavy atom. The van der Waals surface area contributed by atoms with Crippen molar-refractivity contribution in [3.8, 4) is 0 Å². The molecule has 0 bridgehead atoms. The Bertz CT molecular complexity index is 1190. The molecule has 2 saturated heterocycles. The molecular weight excluding hydrogens is 456 g/mol. The third-order valence-electron chi connectivity index (χ3n) is 6.87. The molecule has 34 heavy (non-hydrogen) atoms. The van der Waals surface area contributed by atoms with Crippen LogP contribution in [0, 0.1) is 11.8 Å². The number of likely N-dealkylation sites (tertiary alicyclic amines) is 1. The number of carbonyl (C=O) groups excluding carboxylic acids is 2. The van der Waals surface area contributed by atoms with Crippen molar-refractivity contribution in [3.63, 3.8) is 0 Å². The average Bonchev–Trinajstić information content (AvgIpc) is 3.37. The Kier molecular flexibility index (Phi) is 6.05. The summed E-state index contributed by atoms with van der Waals surface area (Å²) in [7, 11) is -3.64. The molecule has 2 aliphatic heterocycles. The van der Waals surface area contributed by atoms with Crippen LogP contribution < -0.4 is 10.6 Å². The first-order valence-corrected chi connectivity index (χ1v) is 12.9. The summed E-state index contributed by atoms with van der Waals surface area (Å²) in [6.45, 7) is 6.98. The predicted octanol–water partition coefficient (Wildman–Crippen LogP) is 2.05. The van der Waals surface area contributed by atoms with Crippen LogP contribution in [0.4, 0.5) is 5.69 Å². The summed E-state index contributed by atoms with van der Waals surface area (Å²) < 4.78 is 33.1. The van der Waals surface area contributed by atoms with E-state index in [2.05, 4.69) is 22.1 Å². The monoisotopic (exact) mass is 484 g/mol. The van der Waals surface area contributed by atoms with Gasteiger partial charge in [-0.1, -0.05) is 6.58 Å². The summed E-state index contributed by atoms with van der Waals surface area (Å²) in [5, 5.41) is 5.60. The molecule has 1 saturated carbocycles. The van der Waals surface area contributed by atoms with Crippen molar-refractivity contribution in [1.29, 1.82) is 0 Å². The number of anilines is 1. The zero-order valence-corrected chi connectivity index (χ0v) is 19.6. The number of piperidine rings is 1. The minimum Gasteiger partial charge on any atom is -0.455 e. The molecule has 10 heteroatoms.